The largest absolute Gasteiger partial charge is 0.493 e. The molecule has 0 aliphatic heterocycles. The van der Waals surface area contributed by atoms with E-state index in [-0.39, 0.29) is 62.0 Å². The van der Waals surface area contributed by atoms with Gasteiger partial charge in [-0.05, 0) is 148 Å². The molecule has 4 aromatic carbocycles. The monoisotopic (exact) mass is 979 g/mol. The van der Waals surface area contributed by atoms with E-state index in [1.54, 1.807) is 54.7 Å². The number of aliphatic hydroxyl groups is 2. The van der Waals surface area contributed by atoms with Crippen LogP contribution in [0.1, 0.15) is 56.9 Å². The quantitative estimate of drug-likeness (QED) is 0.0134. The maximum atomic E-state index is 13.2. The van der Waals surface area contributed by atoms with Crippen molar-refractivity contribution in [3.05, 3.63) is 109 Å². The maximum Gasteiger partial charge on any atom is 0.314 e. The van der Waals surface area contributed by atoms with E-state index in [1.807, 2.05) is 42.5 Å². The summed E-state index contributed by atoms with van der Waals surface area (Å²) in [5.74, 6) is 2.37. The number of anilines is 1. The molecule has 7 rings (SSSR count). The lowest BCUT2D eigenvalue weighted by Gasteiger charge is -2.28. The molecule has 0 radical (unpaired) electrons. The number of carbonyl (C=O) groups is 3. The normalized spacial score (nSPS) is 18.0. The molecule has 2 fully saturated rings. The van der Waals surface area contributed by atoms with E-state index < -0.39 is 5.91 Å². The van der Waals surface area contributed by atoms with Crippen LogP contribution >= 0.6 is 11.3 Å². The Balaban J connectivity index is 0.926. The zero-order valence-corrected chi connectivity index (χ0v) is 40.0. The number of amides is 1. The molecule has 0 spiro atoms. The first kappa shape index (κ1) is 51.5. The summed E-state index contributed by atoms with van der Waals surface area (Å²) in [6.45, 7) is 6.41. The Morgan fingerprint density at radius 2 is 1.14 bits per heavy atom. The molecule has 70 heavy (non-hydrogen) atoms. The van der Waals surface area contributed by atoms with E-state index in [4.69, 9.17) is 48.1 Å². The molecule has 16 nitrogen and oxygen atoms in total. The molecule has 2 aliphatic rings. The zero-order chi connectivity index (χ0) is 48.9. The number of hydrogen-bond acceptors (Lipinski definition) is 16. The number of hydrazone groups is 1. The SMILES string of the molecule is C=CC(=O)N(/N=C/c1cc(OCC2CCC(C(=O)Oc3ccc(OCCOCCO)cc3)CC2)ccc1OCC1CCC(C(=O)Oc2ccc(OCCOCCO)cc2)CC1)c1nc2ccccc2s1. The van der Waals surface area contributed by atoms with Gasteiger partial charge in [-0.1, -0.05) is 30.0 Å². The molecule has 2 aliphatic carbocycles. The summed E-state index contributed by atoms with van der Waals surface area (Å²) < 4.78 is 46.9. The van der Waals surface area contributed by atoms with Crippen LogP contribution < -0.4 is 33.4 Å². The van der Waals surface area contributed by atoms with Crippen LogP contribution in [-0.4, -0.2) is 105 Å². The van der Waals surface area contributed by atoms with Gasteiger partial charge >= 0.3 is 11.9 Å². The smallest absolute Gasteiger partial charge is 0.314 e. The van der Waals surface area contributed by atoms with E-state index in [2.05, 4.69) is 16.7 Å². The third-order valence-corrected chi connectivity index (χ3v) is 13.0. The fourth-order valence-corrected chi connectivity index (χ4v) is 9.06. The number of aromatic nitrogens is 1. The number of esters is 2. The number of thiazole rings is 1. The van der Waals surface area contributed by atoms with Gasteiger partial charge in [0, 0.05) is 5.56 Å². The number of aliphatic hydroxyl groups excluding tert-OH is 2. The standard InChI is InChI=1S/C53H61N3O13S/c1-2-50(59)56(53-55-47-5-3-4-6-49(47)70-53)54-34-41-33-46(66-35-37-7-11-39(12-8-37)51(60)68-44-19-15-42(16-20-44)64-31-29-62-27-25-57)23-24-48(41)67-36-38-9-13-40(14-10-38)52(61)69-45-21-17-43(18-22-45)65-32-30-63-28-26-58/h2-6,15-24,33-34,37-40,57-58H,1,7-14,25-32,35-36H2/b54-34+. The highest BCUT2D eigenvalue weighted by molar-refractivity contribution is 7.22. The zero-order valence-electron chi connectivity index (χ0n) is 39.2. The topological polar surface area (TPSA) is 194 Å². The molecule has 1 amide bonds. The number of ether oxygens (including phenoxy) is 8. The Morgan fingerprint density at radius 1 is 0.629 bits per heavy atom. The van der Waals surface area contributed by atoms with Crippen LogP contribution in [0.2, 0.25) is 0 Å². The molecular formula is C53H61N3O13S. The van der Waals surface area contributed by atoms with Gasteiger partial charge < -0.3 is 48.1 Å². The van der Waals surface area contributed by atoms with Gasteiger partial charge in [0.05, 0.1) is 81.1 Å². The van der Waals surface area contributed by atoms with E-state index in [9.17, 15) is 14.4 Å². The number of hydrogen-bond donors (Lipinski definition) is 2. The van der Waals surface area contributed by atoms with E-state index in [0.717, 1.165) is 35.9 Å². The minimum atomic E-state index is -0.441. The van der Waals surface area contributed by atoms with Crippen molar-refractivity contribution in [3.8, 4) is 34.5 Å². The van der Waals surface area contributed by atoms with Gasteiger partial charge in [0.25, 0.3) is 5.91 Å². The van der Waals surface area contributed by atoms with Crippen molar-refractivity contribution in [2.75, 3.05) is 71.1 Å². The second kappa shape index (κ2) is 27.1. The third kappa shape index (κ3) is 15.6. The lowest BCUT2D eigenvalue weighted by Crippen LogP contribution is -2.28. The van der Waals surface area contributed by atoms with Crippen molar-refractivity contribution in [2.24, 2.45) is 28.8 Å². The molecule has 2 saturated carbocycles. The number of rotatable bonds is 26. The average molecular weight is 980 g/mol. The molecule has 372 valence electrons. The van der Waals surface area contributed by atoms with Crippen LogP contribution in [-0.2, 0) is 23.9 Å². The Bertz CT molecular complexity index is 2430. The molecule has 0 bridgehead atoms. The summed E-state index contributed by atoms with van der Waals surface area (Å²) in [7, 11) is 0. The summed E-state index contributed by atoms with van der Waals surface area (Å²) in [5.41, 5.74) is 1.35. The molecular weight excluding hydrogens is 919 g/mol. The fraction of sp³-hybridized carbons (Fsp3) is 0.415. The maximum absolute atomic E-state index is 13.2. The van der Waals surface area contributed by atoms with Crippen LogP contribution in [0.4, 0.5) is 5.13 Å². The molecule has 1 aromatic heterocycles. The summed E-state index contributed by atoms with van der Waals surface area (Å²) in [4.78, 5) is 44.0. The molecule has 5 aromatic rings. The fourth-order valence-electron chi connectivity index (χ4n) is 8.13. The molecule has 0 saturated heterocycles. The van der Waals surface area contributed by atoms with Crippen molar-refractivity contribution < 1.29 is 62.5 Å². The second-order valence-electron chi connectivity index (χ2n) is 17.0. The van der Waals surface area contributed by atoms with Crippen LogP contribution in [0.3, 0.4) is 0 Å². The molecule has 1 heterocycles. The van der Waals surface area contributed by atoms with Crippen molar-refractivity contribution in [2.45, 2.75) is 51.4 Å². The van der Waals surface area contributed by atoms with Gasteiger partial charge in [-0.3, -0.25) is 14.4 Å². The highest BCUT2D eigenvalue weighted by Gasteiger charge is 2.30. The van der Waals surface area contributed by atoms with Crippen LogP contribution in [0.15, 0.2) is 109 Å². The Labute approximate surface area is 411 Å². The van der Waals surface area contributed by atoms with Gasteiger partial charge in [-0.2, -0.15) is 10.1 Å². The van der Waals surface area contributed by atoms with Gasteiger partial charge in [0.15, 0.2) is 0 Å². The van der Waals surface area contributed by atoms with E-state index >= 15 is 0 Å². The van der Waals surface area contributed by atoms with Crippen molar-refractivity contribution >= 4 is 50.7 Å². The number of carbonyl (C=O) groups excluding carboxylic acids is 3. The summed E-state index contributed by atoms with van der Waals surface area (Å²) in [5, 5.41) is 23.9. The molecule has 17 heteroatoms. The van der Waals surface area contributed by atoms with Crippen LogP contribution in [0.25, 0.3) is 10.2 Å². The van der Waals surface area contributed by atoms with Crippen molar-refractivity contribution in [1.29, 1.82) is 0 Å². The third-order valence-electron chi connectivity index (χ3n) is 12.0. The molecule has 0 unspecified atom stereocenters. The number of para-hydroxylation sites is 1. The predicted molar refractivity (Wildman–Crippen MR) is 264 cm³/mol. The first-order valence-electron chi connectivity index (χ1n) is 23.8. The Hall–Kier alpha value is -6.37. The van der Waals surface area contributed by atoms with Gasteiger partial charge in [0.2, 0.25) is 5.13 Å². The van der Waals surface area contributed by atoms with Gasteiger partial charge in [0.1, 0.15) is 47.7 Å². The number of nitrogens with zero attached hydrogens (tertiary/aromatic N) is 3. The van der Waals surface area contributed by atoms with Crippen molar-refractivity contribution in [1.82, 2.24) is 4.98 Å². The molecule has 0 atom stereocenters. The average Bonchev–Trinajstić information content (AvgIpc) is 3.83. The minimum Gasteiger partial charge on any atom is -0.493 e. The summed E-state index contributed by atoms with van der Waals surface area (Å²) >= 11 is 1.34. The van der Waals surface area contributed by atoms with E-state index in [1.165, 1.54) is 22.4 Å². The summed E-state index contributed by atoms with van der Waals surface area (Å²) in [6, 6.07) is 27.0. The minimum absolute atomic E-state index is 0.0370. The highest BCUT2D eigenvalue weighted by Crippen LogP contribution is 2.35. The number of benzene rings is 4. The summed E-state index contributed by atoms with van der Waals surface area (Å²) in [6.07, 6.45) is 8.63. The van der Waals surface area contributed by atoms with Crippen LogP contribution in [0, 0.1) is 23.7 Å². The van der Waals surface area contributed by atoms with E-state index in [0.29, 0.717) is 111 Å². The molecule has 2 N–H and O–H groups in total. The first-order chi connectivity index (χ1) is 34.3. The number of fused-ring (bicyclic) bond motifs is 1. The Morgan fingerprint density at radius 3 is 1.67 bits per heavy atom. The van der Waals surface area contributed by atoms with Gasteiger partial charge in [-0.15, -0.1) is 0 Å². The first-order valence-corrected chi connectivity index (χ1v) is 24.6. The van der Waals surface area contributed by atoms with Crippen molar-refractivity contribution in [3.63, 3.8) is 0 Å². The predicted octanol–water partition coefficient (Wildman–Crippen LogP) is 8.21. The Kier molecular flexibility index (Phi) is 20.0. The highest BCUT2D eigenvalue weighted by atomic mass is 32.1. The van der Waals surface area contributed by atoms with Gasteiger partial charge in [-0.25, -0.2) is 4.98 Å². The lowest BCUT2D eigenvalue weighted by atomic mass is 9.82. The second-order valence-corrected chi connectivity index (χ2v) is 18.0. The lowest BCUT2D eigenvalue weighted by molar-refractivity contribution is -0.141. The van der Waals surface area contributed by atoms with Crippen LogP contribution in [0.5, 0.6) is 34.5 Å².